The van der Waals surface area contributed by atoms with Crippen molar-refractivity contribution in [2.75, 3.05) is 4.90 Å². The Kier molecular flexibility index (Phi) is 6.56. The van der Waals surface area contributed by atoms with Gasteiger partial charge in [-0.3, -0.25) is 14.4 Å². The van der Waals surface area contributed by atoms with Crippen LogP contribution in [0.3, 0.4) is 0 Å². The molecular formula is C32H35N2O5-. The molecule has 4 bridgehead atoms. The third-order valence-corrected chi connectivity index (χ3v) is 9.71. The number of anilines is 1. The van der Waals surface area contributed by atoms with Crippen LogP contribution in [0.1, 0.15) is 74.2 Å². The summed E-state index contributed by atoms with van der Waals surface area (Å²) in [6, 6.07) is 13.9. The number of Topliss-reactive ketones (excluding diaryl/α,β-unsaturated/α-hetero) is 1. The maximum atomic E-state index is 14.7. The summed E-state index contributed by atoms with van der Waals surface area (Å²) in [6.45, 7) is 1.51. The molecule has 2 aromatic rings. The molecule has 0 unspecified atom stereocenters. The summed E-state index contributed by atoms with van der Waals surface area (Å²) in [5.74, 6) is -0.888. The minimum absolute atomic E-state index is 0.102. The maximum absolute atomic E-state index is 14.7. The molecule has 0 aromatic heterocycles. The van der Waals surface area contributed by atoms with Crippen LogP contribution in [-0.4, -0.2) is 40.6 Å². The molecule has 0 spiro atoms. The number of nitrogens with zero attached hydrogens (tertiary/aromatic N) is 2. The van der Waals surface area contributed by atoms with E-state index in [1.54, 1.807) is 29.2 Å². The number of carboxylic acids is 1. The molecule has 7 heteroatoms. The SMILES string of the molecule is CC(=O)N1[C@H](CC23CC4CC(CC(C4)C2)C3)C(=O)N(Cc2ccccc2)c2ccccc2C(=O)C[C@H]1C(=O)[O-]. The van der Waals surface area contributed by atoms with Gasteiger partial charge < -0.3 is 19.7 Å². The Labute approximate surface area is 229 Å². The van der Waals surface area contributed by atoms with Gasteiger partial charge in [0.1, 0.15) is 6.04 Å². The van der Waals surface area contributed by atoms with E-state index in [2.05, 4.69) is 0 Å². The van der Waals surface area contributed by atoms with Crippen LogP contribution < -0.4 is 10.0 Å². The van der Waals surface area contributed by atoms with Gasteiger partial charge in [-0.2, -0.15) is 0 Å². The summed E-state index contributed by atoms with van der Waals surface area (Å²) < 4.78 is 0. The average molecular weight is 528 g/mol. The molecule has 2 atom stereocenters. The van der Waals surface area contributed by atoms with Gasteiger partial charge in [-0.1, -0.05) is 42.5 Å². The number of hydrogen-bond donors (Lipinski definition) is 0. The predicted molar refractivity (Wildman–Crippen MR) is 143 cm³/mol. The van der Waals surface area contributed by atoms with E-state index in [4.69, 9.17) is 0 Å². The molecule has 7 rings (SSSR count). The van der Waals surface area contributed by atoms with Gasteiger partial charge in [0, 0.05) is 18.9 Å². The third kappa shape index (κ3) is 4.77. The summed E-state index contributed by atoms with van der Waals surface area (Å²) >= 11 is 0. The van der Waals surface area contributed by atoms with E-state index < -0.39 is 36.2 Å². The van der Waals surface area contributed by atoms with Crippen molar-refractivity contribution in [3.05, 3.63) is 65.7 Å². The van der Waals surface area contributed by atoms with E-state index in [1.807, 2.05) is 30.3 Å². The van der Waals surface area contributed by atoms with Crippen molar-refractivity contribution in [1.82, 2.24) is 4.90 Å². The Hall–Kier alpha value is -3.48. The molecule has 7 nitrogen and oxygen atoms in total. The number of rotatable bonds is 5. The normalized spacial score (nSPS) is 31.9. The Morgan fingerprint density at radius 1 is 0.897 bits per heavy atom. The molecule has 4 saturated carbocycles. The Bertz CT molecular complexity index is 1270. The number of benzene rings is 2. The second-order valence-corrected chi connectivity index (χ2v) is 12.5. The lowest BCUT2D eigenvalue weighted by Gasteiger charge is -2.58. The van der Waals surface area contributed by atoms with Gasteiger partial charge in [0.15, 0.2) is 5.78 Å². The van der Waals surface area contributed by atoms with Crippen LogP contribution >= 0.6 is 0 Å². The number of aliphatic carboxylic acids is 1. The van der Waals surface area contributed by atoms with E-state index >= 15 is 0 Å². The summed E-state index contributed by atoms with van der Waals surface area (Å²) in [6.07, 6.45) is 6.73. The first-order valence-corrected chi connectivity index (χ1v) is 14.2. The van der Waals surface area contributed by atoms with E-state index in [-0.39, 0.29) is 23.4 Å². The van der Waals surface area contributed by atoms with Gasteiger partial charge in [-0.05, 0) is 85.8 Å². The number of amides is 2. The van der Waals surface area contributed by atoms with Crippen molar-refractivity contribution in [2.24, 2.45) is 23.2 Å². The molecule has 0 radical (unpaired) electrons. The number of carbonyl (C=O) groups is 4. The molecular weight excluding hydrogens is 492 g/mol. The maximum Gasteiger partial charge on any atom is 0.250 e. The number of carbonyl (C=O) groups excluding carboxylic acids is 4. The van der Waals surface area contributed by atoms with Crippen molar-refractivity contribution in [2.45, 2.75) is 76.9 Å². The number of hydrogen-bond acceptors (Lipinski definition) is 5. The molecule has 1 aliphatic heterocycles. The summed E-state index contributed by atoms with van der Waals surface area (Å²) in [5.41, 5.74) is 1.52. The number of ketones is 1. The Morgan fingerprint density at radius 2 is 1.49 bits per heavy atom. The standard InChI is InChI=1S/C32H36N2O5/c1-20(35)34-27(31(38)39)14-29(36)25-9-5-6-10-26(25)33(19-21-7-3-2-4-8-21)30(37)28(34)18-32-15-22-11-23(16-32)13-24(12-22)17-32/h2-10,22-24,27-28H,11-19H2,1H3,(H,38,39)/p-1/t22?,23?,24?,27-,28+,32?/m0/s1. The quantitative estimate of drug-likeness (QED) is 0.590. The molecule has 4 fully saturated rings. The highest BCUT2D eigenvalue weighted by Gasteiger charge is 2.54. The molecule has 204 valence electrons. The van der Waals surface area contributed by atoms with Crippen LogP contribution in [0.4, 0.5) is 5.69 Å². The van der Waals surface area contributed by atoms with E-state index in [9.17, 15) is 24.3 Å². The Morgan fingerprint density at radius 3 is 2.08 bits per heavy atom. The zero-order chi connectivity index (χ0) is 27.3. The van der Waals surface area contributed by atoms with Crippen LogP contribution in [0.5, 0.6) is 0 Å². The zero-order valence-corrected chi connectivity index (χ0v) is 22.4. The monoisotopic (exact) mass is 527 g/mol. The fourth-order valence-electron chi connectivity index (χ4n) is 8.66. The second-order valence-electron chi connectivity index (χ2n) is 12.5. The number of para-hydroxylation sites is 1. The minimum atomic E-state index is -1.51. The van der Waals surface area contributed by atoms with Crippen molar-refractivity contribution in [1.29, 1.82) is 0 Å². The molecule has 0 saturated heterocycles. The lowest BCUT2D eigenvalue weighted by molar-refractivity contribution is -0.311. The number of fused-ring (bicyclic) bond motifs is 1. The average Bonchev–Trinajstić information content (AvgIpc) is 2.92. The first-order valence-electron chi connectivity index (χ1n) is 14.2. The van der Waals surface area contributed by atoms with E-state index in [0.717, 1.165) is 24.8 Å². The lowest BCUT2D eigenvalue weighted by Crippen LogP contribution is -2.61. The Balaban J connectivity index is 1.48. The molecule has 2 aromatic carbocycles. The highest BCUT2D eigenvalue weighted by atomic mass is 16.4. The minimum Gasteiger partial charge on any atom is -0.548 e. The van der Waals surface area contributed by atoms with Crippen molar-refractivity contribution in [3.8, 4) is 0 Å². The van der Waals surface area contributed by atoms with Gasteiger partial charge in [0.25, 0.3) is 0 Å². The summed E-state index contributed by atoms with van der Waals surface area (Å²) in [7, 11) is 0. The lowest BCUT2D eigenvalue weighted by atomic mass is 9.48. The van der Waals surface area contributed by atoms with Crippen LogP contribution in [0, 0.1) is 23.2 Å². The smallest absolute Gasteiger partial charge is 0.250 e. The van der Waals surface area contributed by atoms with Gasteiger partial charge in [-0.25, -0.2) is 0 Å². The van der Waals surface area contributed by atoms with Crippen molar-refractivity contribution in [3.63, 3.8) is 0 Å². The topological polar surface area (TPSA) is 97.8 Å². The molecule has 1 heterocycles. The first-order chi connectivity index (χ1) is 18.7. The van der Waals surface area contributed by atoms with E-state index in [0.29, 0.717) is 29.9 Å². The van der Waals surface area contributed by atoms with Gasteiger partial charge in [0.05, 0.1) is 24.2 Å². The van der Waals surface area contributed by atoms with Gasteiger partial charge in [-0.15, -0.1) is 0 Å². The highest BCUT2D eigenvalue weighted by molar-refractivity contribution is 6.09. The number of carboxylic acid groups (broad SMARTS) is 1. The first kappa shape index (κ1) is 25.8. The van der Waals surface area contributed by atoms with Crippen molar-refractivity contribution >= 4 is 29.3 Å². The summed E-state index contributed by atoms with van der Waals surface area (Å²) in [5, 5.41) is 12.5. The molecule has 2 amide bonds. The van der Waals surface area contributed by atoms with E-state index in [1.165, 1.54) is 31.1 Å². The highest BCUT2D eigenvalue weighted by Crippen LogP contribution is 2.62. The van der Waals surface area contributed by atoms with Crippen molar-refractivity contribution < 1.29 is 24.3 Å². The summed E-state index contributed by atoms with van der Waals surface area (Å²) in [4.78, 5) is 56.8. The van der Waals surface area contributed by atoms with Crippen LogP contribution in [0.25, 0.3) is 0 Å². The third-order valence-electron chi connectivity index (χ3n) is 9.71. The fourth-order valence-corrected chi connectivity index (χ4v) is 8.66. The van der Waals surface area contributed by atoms with Gasteiger partial charge in [0.2, 0.25) is 11.8 Å². The van der Waals surface area contributed by atoms with Crippen LogP contribution in [-0.2, 0) is 20.9 Å². The predicted octanol–water partition coefficient (Wildman–Crippen LogP) is 3.75. The second kappa shape index (κ2) is 9.92. The molecule has 0 N–H and O–H groups in total. The largest absolute Gasteiger partial charge is 0.548 e. The molecule has 39 heavy (non-hydrogen) atoms. The fraction of sp³-hybridized carbons (Fsp3) is 0.500. The molecule has 4 aliphatic carbocycles. The zero-order valence-electron chi connectivity index (χ0n) is 22.4. The van der Waals surface area contributed by atoms with Crippen LogP contribution in [0.2, 0.25) is 0 Å². The molecule has 5 aliphatic rings. The van der Waals surface area contributed by atoms with Gasteiger partial charge >= 0.3 is 0 Å². The van der Waals surface area contributed by atoms with Crippen LogP contribution in [0.15, 0.2) is 54.6 Å².